The van der Waals surface area contributed by atoms with Gasteiger partial charge in [0, 0.05) is 6.92 Å². The topological polar surface area (TPSA) is 92.7 Å². The maximum Gasteiger partial charge on any atom is 0.344 e. The second kappa shape index (κ2) is 6.27. The number of rotatable bonds is 6. The van der Waals surface area contributed by atoms with Gasteiger partial charge in [0.1, 0.15) is 5.97 Å². The van der Waals surface area contributed by atoms with Gasteiger partial charge in [-0.15, -0.1) is 0 Å². The number of esters is 2. The van der Waals surface area contributed by atoms with Crippen LogP contribution in [0.15, 0.2) is 0 Å². The van der Waals surface area contributed by atoms with Crippen LogP contribution in [0.4, 0.5) is 8.78 Å². The van der Waals surface area contributed by atoms with E-state index in [4.69, 9.17) is 0 Å². The van der Waals surface area contributed by atoms with Crippen LogP contribution in [-0.2, 0) is 23.9 Å². The Morgan fingerprint density at radius 2 is 1.78 bits per heavy atom. The van der Waals surface area contributed by atoms with Crippen molar-refractivity contribution < 1.29 is 37.7 Å². The Morgan fingerprint density at radius 1 is 1.28 bits per heavy atom. The molecular formula is C10H13F2O6-. The lowest BCUT2D eigenvalue weighted by Gasteiger charge is -2.29. The van der Waals surface area contributed by atoms with E-state index in [9.17, 15) is 28.3 Å². The molecule has 0 aromatic heterocycles. The predicted molar refractivity (Wildman–Crippen MR) is 51.3 cm³/mol. The lowest BCUT2D eigenvalue weighted by atomic mass is 10.0. The Balaban J connectivity index is 4.70. The van der Waals surface area contributed by atoms with E-state index >= 15 is 0 Å². The van der Waals surface area contributed by atoms with E-state index in [1.54, 1.807) is 0 Å². The van der Waals surface area contributed by atoms with E-state index in [1.807, 2.05) is 0 Å². The molecule has 0 aromatic carbocycles. The van der Waals surface area contributed by atoms with Crippen LogP contribution in [0, 0.1) is 5.92 Å². The second-order valence-corrected chi connectivity index (χ2v) is 3.85. The van der Waals surface area contributed by atoms with Crippen molar-refractivity contribution in [2.24, 2.45) is 5.92 Å². The molecule has 1 atom stereocenters. The zero-order chi connectivity index (χ0) is 14.5. The number of carbonyl (C=O) groups excluding carboxylic acids is 3. The van der Waals surface area contributed by atoms with Crippen LogP contribution in [0.25, 0.3) is 0 Å². The van der Waals surface area contributed by atoms with Gasteiger partial charge in [-0.3, -0.25) is 4.79 Å². The maximum absolute atomic E-state index is 13.2. The number of carboxylic acids is 1. The van der Waals surface area contributed by atoms with Gasteiger partial charge in [-0.25, -0.2) is 4.79 Å². The zero-order valence-electron chi connectivity index (χ0n) is 10.1. The van der Waals surface area contributed by atoms with Gasteiger partial charge in [0.2, 0.25) is 0 Å². The number of halogens is 2. The highest BCUT2D eigenvalue weighted by atomic mass is 19.3. The molecule has 0 amide bonds. The monoisotopic (exact) mass is 267 g/mol. The first kappa shape index (κ1) is 16.3. The van der Waals surface area contributed by atoms with Crippen LogP contribution >= 0.6 is 0 Å². The standard InChI is InChI=1S/C10H14F2O6/c1-5(2)8(10(11,12)9(15)16)18-7(14)4-17-6(3)13/h5,8H,4H2,1-3H3,(H,15,16)/p-1. The molecule has 0 heterocycles. The number of carbonyl (C=O) groups is 3. The van der Waals surface area contributed by atoms with Crippen molar-refractivity contribution in [1.82, 2.24) is 0 Å². The fourth-order valence-corrected chi connectivity index (χ4v) is 1.08. The average Bonchev–Trinajstić information content (AvgIpc) is 2.21. The summed E-state index contributed by atoms with van der Waals surface area (Å²) < 4.78 is 34.9. The normalized spacial score (nSPS) is 13.0. The Kier molecular flexibility index (Phi) is 5.67. The van der Waals surface area contributed by atoms with Gasteiger partial charge in [0.05, 0.1) is 0 Å². The molecule has 0 saturated heterocycles. The Hall–Kier alpha value is -1.73. The lowest BCUT2D eigenvalue weighted by molar-refractivity contribution is -0.337. The first-order chi connectivity index (χ1) is 8.09. The van der Waals surface area contributed by atoms with Gasteiger partial charge < -0.3 is 19.4 Å². The third-order valence-corrected chi connectivity index (χ3v) is 1.89. The molecule has 0 aromatic rings. The molecule has 104 valence electrons. The van der Waals surface area contributed by atoms with Crippen molar-refractivity contribution in [1.29, 1.82) is 0 Å². The third kappa shape index (κ3) is 4.64. The summed E-state index contributed by atoms with van der Waals surface area (Å²) in [7, 11) is 0. The van der Waals surface area contributed by atoms with E-state index in [0.717, 1.165) is 6.92 Å². The van der Waals surface area contributed by atoms with Crippen LogP contribution in [0.2, 0.25) is 0 Å². The molecule has 8 heteroatoms. The van der Waals surface area contributed by atoms with Gasteiger partial charge in [0.15, 0.2) is 12.7 Å². The zero-order valence-corrected chi connectivity index (χ0v) is 10.1. The first-order valence-electron chi connectivity index (χ1n) is 5.01. The van der Waals surface area contributed by atoms with Gasteiger partial charge in [0.25, 0.3) is 0 Å². The summed E-state index contributed by atoms with van der Waals surface area (Å²) >= 11 is 0. The van der Waals surface area contributed by atoms with Gasteiger partial charge in [-0.05, 0) is 5.92 Å². The highest BCUT2D eigenvalue weighted by Gasteiger charge is 2.46. The fraction of sp³-hybridized carbons (Fsp3) is 0.700. The van der Waals surface area contributed by atoms with E-state index in [0.29, 0.717) is 0 Å². The minimum absolute atomic E-state index is 0.792. The molecule has 6 nitrogen and oxygen atoms in total. The Labute approximate surface area is 102 Å². The van der Waals surface area contributed by atoms with E-state index in [1.165, 1.54) is 13.8 Å². The number of carboxylic acid groups (broad SMARTS) is 1. The van der Waals surface area contributed by atoms with Gasteiger partial charge >= 0.3 is 17.9 Å². The number of alkyl halides is 2. The van der Waals surface area contributed by atoms with Crippen molar-refractivity contribution in [2.75, 3.05) is 6.61 Å². The summed E-state index contributed by atoms with van der Waals surface area (Å²) in [6, 6.07) is 0. The smallest absolute Gasteiger partial charge is 0.344 e. The molecule has 0 spiro atoms. The summed E-state index contributed by atoms with van der Waals surface area (Å²) in [5.74, 6) is -9.97. The molecule has 0 aliphatic rings. The SMILES string of the molecule is CC(=O)OCC(=O)OC(C(C)C)C(F)(F)C(=O)[O-]. The minimum Gasteiger partial charge on any atom is -0.544 e. The summed E-state index contributed by atoms with van der Waals surface area (Å²) in [5.41, 5.74) is 0. The minimum atomic E-state index is -4.32. The summed E-state index contributed by atoms with van der Waals surface area (Å²) in [6.07, 6.45) is -2.19. The highest BCUT2D eigenvalue weighted by molar-refractivity contribution is 5.77. The van der Waals surface area contributed by atoms with Crippen LogP contribution in [0.1, 0.15) is 20.8 Å². The molecule has 0 N–H and O–H groups in total. The molecule has 0 bridgehead atoms. The Morgan fingerprint density at radius 3 is 2.11 bits per heavy atom. The quantitative estimate of drug-likeness (QED) is 0.602. The van der Waals surface area contributed by atoms with E-state index < -0.39 is 42.5 Å². The van der Waals surface area contributed by atoms with Crippen LogP contribution in [-0.4, -0.2) is 36.5 Å². The maximum atomic E-state index is 13.2. The molecule has 0 fully saturated rings. The van der Waals surface area contributed by atoms with Crippen molar-refractivity contribution in [3.63, 3.8) is 0 Å². The van der Waals surface area contributed by atoms with Crippen molar-refractivity contribution in [3.05, 3.63) is 0 Å². The number of hydrogen-bond donors (Lipinski definition) is 0. The largest absolute Gasteiger partial charge is 0.544 e. The molecule has 0 saturated carbocycles. The fourth-order valence-electron chi connectivity index (χ4n) is 1.08. The molecule has 0 aliphatic heterocycles. The first-order valence-corrected chi connectivity index (χ1v) is 5.01. The molecule has 0 aliphatic carbocycles. The number of hydrogen-bond acceptors (Lipinski definition) is 6. The third-order valence-electron chi connectivity index (χ3n) is 1.89. The van der Waals surface area contributed by atoms with Crippen molar-refractivity contribution in [2.45, 2.75) is 32.8 Å². The van der Waals surface area contributed by atoms with E-state index in [2.05, 4.69) is 9.47 Å². The molecule has 18 heavy (non-hydrogen) atoms. The van der Waals surface area contributed by atoms with Crippen molar-refractivity contribution >= 4 is 17.9 Å². The van der Waals surface area contributed by atoms with Gasteiger partial charge in [-0.1, -0.05) is 13.8 Å². The Bertz CT molecular complexity index is 339. The van der Waals surface area contributed by atoms with E-state index in [-0.39, 0.29) is 0 Å². The summed E-state index contributed by atoms with van der Waals surface area (Å²) in [4.78, 5) is 31.8. The second-order valence-electron chi connectivity index (χ2n) is 3.85. The summed E-state index contributed by atoms with van der Waals surface area (Å²) in [5, 5.41) is 10.3. The molecule has 0 rings (SSSR count). The lowest BCUT2D eigenvalue weighted by Crippen LogP contribution is -2.53. The van der Waals surface area contributed by atoms with Gasteiger partial charge in [-0.2, -0.15) is 8.78 Å². The van der Waals surface area contributed by atoms with Crippen LogP contribution in [0.3, 0.4) is 0 Å². The van der Waals surface area contributed by atoms with Crippen LogP contribution in [0.5, 0.6) is 0 Å². The summed E-state index contributed by atoms with van der Waals surface area (Å²) in [6.45, 7) is 2.66. The van der Waals surface area contributed by atoms with Crippen LogP contribution < -0.4 is 5.11 Å². The molecule has 0 radical (unpaired) electrons. The number of aliphatic carboxylic acids is 1. The van der Waals surface area contributed by atoms with Crippen molar-refractivity contribution in [3.8, 4) is 0 Å². The molecule has 1 unspecified atom stereocenters. The molecular weight excluding hydrogens is 254 g/mol. The predicted octanol–water partition coefficient (Wildman–Crippen LogP) is -0.498. The highest BCUT2D eigenvalue weighted by Crippen LogP contribution is 2.26. The number of ether oxygens (including phenoxy) is 2. The average molecular weight is 267 g/mol.